The third kappa shape index (κ3) is 5.02. The van der Waals surface area contributed by atoms with Crippen LogP contribution in [0.25, 0.3) is 0 Å². The molecule has 5 heteroatoms. The Balaban J connectivity index is 3.43. The van der Waals surface area contributed by atoms with Crippen LogP contribution in [0.2, 0.25) is 0 Å². The van der Waals surface area contributed by atoms with Crippen molar-refractivity contribution in [3.8, 4) is 0 Å². The maximum absolute atomic E-state index is 11.3. The molecule has 0 aromatic carbocycles. The van der Waals surface area contributed by atoms with E-state index in [0.29, 0.717) is 12.3 Å². The Hall–Kier alpha value is -1.13. The Bertz CT molecular complexity index is 133. The first-order valence-electron chi connectivity index (χ1n) is 2.36. The van der Waals surface area contributed by atoms with Gasteiger partial charge in [0.25, 0.3) is 6.43 Å². The quantitative estimate of drug-likeness (QED) is 0.444. The van der Waals surface area contributed by atoms with Gasteiger partial charge in [0, 0.05) is 6.08 Å². The van der Waals surface area contributed by atoms with Gasteiger partial charge >= 0.3 is 6.16 Å². The van der Waals surface area contributed by atoms with E-state index < -0.39 is 12.6 Å². The normalized spacial score (nSPS) is 10.4. The molecule has 0 atom stereocenters. The van der Waals surface area contributed by atoms with Crippen molar-refractivity contribution in [3.05, 3.63) is 12.3 Å². The summed E-state index contributed by atoms with van der Waals surface area (Å²) < 4.78 is 30.5. The molecular formula is C5H6F2O3. The Morgan fingerprint density at radius 3 is 2.60 bits per heavy atom. The van der Waals surface area contributed by atoms with Gasteiger partial charge in [-0.2, -0.15) is 0 Å². The van der Waals surface area contributed by atoms with Gasteiger partial charge < -0.3 is 9.47 Å². The fourth-order valence-corrected chi connectivity index (χ4v) is 0.202. The van der Waals surface area contributed by atoms with E-state index >= 15 is 0 Å². The predicted octanol–water partition coefficient (Wildman–Crippen LogP) is 1.55. The largest absolute Gasteiger partial charge is 0.512 e. The van der Waals surface area contributed by atoms with Crippen LogP contribution in [0.3, 0.4) is 0 Å². The number of ether oxygens (including phenoxy) is 2. The van der Waals surface area contributed by atoms with Gasteiger partial charge in [0.1, 0.15) is 0 Å². The fraction of sp³-hybridized carbons (Fsp3) is 0.400. The van der Waals surface area contributed by atoms with E-state index in [9.17, 15) is 13.6 Å². The lowest BCUT2D eigenvalue weighted by molar-refractivity contribution is 0.104. The summed E-state index contributed by atoms with van der Waals surface area (Å²) in [6, 6.07) is 0. The van der Waals surface area contributed by atoms with Crippen molar-refractivity contribution in [3.63, 3.8) is 0 Å². The van der Waals surface area contributed by atoms with E-state index in [2.05, 4.69) is 9.47 Å². The summed E-state index contributed by atoms with van der Waals surface area (Å²) in [7, 11) is 1.08. The average molecular weight is 152 g/mol. The Morgan fingerprint density at radius 1 is 1.60 bits per heavy atom. The number of methoxy groups -OCH3 is 1. The van der Waals surface area contributed by atoms with Gasteiger partial charge in [-0.3, -0.25) is 0 Å². The molecule has 0 aliphatic heterocycles. The second-order valence-electron chi connectivity index (χ2n) is 1.23. The van der Waals surface area contributed by atoms with Crippen molar-refractivity contribution >= 4 is 6.16 Å². The third-order valence-corrected chi connectivity index (χ3v) is 0.555. The fourth-order valence-electron chi connectivity index (χ4n) is 0.202. The van der Waals surface area contributed by atoms with Gasteiger partial charge in [-0.1, -0.05) is 0 Å². The summed E-state index contributed by atoms with van der Waals surface area (Å²) in [5, 5.41) is 0. The number of carbonyl (C=O) groups excluding carboxylic acids is 1. The summed E-state index contributed by atoms with van der Waals surface area (Å²) in [5.74, 6) is 0. The van der Waals surface area contributed by atoms with Crippen molar-refractivity contribution in [2.75, 3.05) is 7.11 Å². The highest BCUT2D eigenvalue weighted by Gasteiger charge is 1.97. The van der Waals surface area contributed by atoms with Crippen molar-refractivity contribution in [2.45, 2.75) is 6.43 Å². The van der Waals surface area contributed by atoms with Crippen LogP contribution in [0, 0.1) is 0 Å². The highest BCUT2D eigenvalue weighted by atomic mass is 19.3. The molecule has 0 aromatic rings. The van der Waals surface area contributed by atoms with Crippen LogP contribution in [-0.2, 0) is 9.47 Å². The molecule has 0 amide bonds. The molecule has 0 bridgehead atoms. The molecule has 0 saturated heterocycles. The summed E-state index contributed by atoms with van der Waals surface area (Å²) in [6.07, 6.45) is -2.63. The van der Waals surface area contributed by atoms with Crippen LogP contribution in [0.15, 0.2) is 12.3 Å². The topological polar surface area (TPSA) is 35.5 Å². The molecule has 0 aromatic heterocycles. The zero-order valence-electron chi connectivity index (χ0n) is 5.21. The van der Waals surface area contributed by atoms with E-state index in [0.717, 1.165) is 7.11 Å². The van der Waals surface area contributed by atoms with Crippen LogP contribution in [0.1, 0.15) is 0 Å². The van der Waals surface area contributed by atoms with Gasteiger partial charge in [-0.05, 0) is 0 Å². The lowest BCUT2D eigenvalue weighted by Gasteiger charge is -1.93. The number of halogens is 2. The molecule has 0 saturated carbocycles. The van der Waals surface area contributed by atoms with Gasteiger partial charge in [-0.15, -0.1) is 0 Å². The second kappa shape index (κ2) is 4.72. The number of hydrogen-bond donors (Lipinski definition) is 0. The molecular weight excluding hydrogens is 146 g/mol. The molecule has 3 nitrogen and oxygen atoms in total. The molecule has 0 spiro atoms. The molecule has 0 rings (SSSR count). The molecule has 0 aliphatic carbocycles. The Morgan fingerprint density at radius 2 is 2.20 bits per heavy atom. The van der Waals surface area contributed by atoms with Crippen LogP contribution in [-0.4, -0.2) is 19.7 Å². The van der Waals surface area contributed by atoms with Crippen LogP contribution < -0.4 is 0 Å². The van der Waals surface area contributed by atoms with Crippen molar-refractivity contribution in [1.82, 2.24) is 0 Å². The number of alkyl halides is 2. The lowest BCUT2D eigenvalue weighted by Crippen LogP contribution is -1.98. The zero-order chi connectivity index (χ0) is 7.98. The van der Waals surface area contributed by atoms with E-state index in [1.807, 2.05) is 0 Å². The minimum atomic E-state index is -2.62. The number of rotatable bonds is 2. The highest BCUT2D eigenvalue weighted by molar-refractivity contribution is 5.60. The maximum Gasteiger partial charge on any atom is 0.512 e. The van der Waals surface area contributed by atoms with E-state index in [4.69, 9.17) is 0 Å². The molecule has 0 aliphatic rings. The van der Waals surface area contributed by atoms with E-state index in [1.54, 1.807) is 0 Å². The SMILES string of the molecule is COC(=O)O/C=C/C(F)F. The molecule has 0 unspecified atom stereocenters. The first-order valence-corrected chi connectivity index (χ1v) is 2.36. The predicted molar refractivity (Wildman–Crippen MR) is 28.6 cm³/mol. The summed E-state index contributed by atoms with van der Waals surface area (Å²) in [6.45, 7) is 0. The van der Waals surface area contributed by atoms with E-state index in [-0.39, 0.29) is 0 Å². The molecule has 58 valence electrons. The Kier molecular flexibility index (Phi) is 4.19. The first kappa shape index (κ1) is 8.87. The molecule has 0 radical (unpaired) electrons. The summed E-state index contributed by atoms with van der Waals surface area (Å²) >= 11 is 0. The minimum Gasteiger partial charge on any atom is -0.437 e. The standard InChI is InChI=1S/C5H6F2O3/c1-9-5(8)10-3-2-4(6)7/h2-4H,1H3/b3-2+. The van der Waals surface area contributed by atoms with Crippen LogP contribution >= 0.6 is 0 Å². The molecule has 0 N–H and O–H groups in total. The summed E-state index contributed by atoms with van der Waals surface area (Å²) in [4.78, 5) is 10.1. The number of hydrogen-bond acceptors (Lipinski definition) is 3. The molecule has 10 heavy (non-hydrogen) atoms. The average Bonchev–Trinajstić information content (AvgIpc) is 1.87. The van der Waals surface area contributed by atoms with Crippen molar-refractivity contribution < 1.29 is 23.0 Å². The maximum atomic E-state index is 11.3. The van der Waals surface area contributed by atoms with Crippen molar-refractivity contribution in [1.29, 1.82) is 0 Å². The Labute approximate surface area is 56.2 Å². The molecule has 0 fully saturated rings. The van der Waals surface area contributed by atoms with Gasteiger partial charge in [0.2, 0.25) is 0 Å². The van der Waals surface area contributed by atoms with Crippen molar-refractivity contribution in [2.24, 2.45) is 0 Å². The number of carbonyl (C=O) groups is 1. The van der Waals surface area contributed by atoms with Gasteiger partial charge in [-0.25, -0.2) is 13.6 Å². The second-order valence-corrected chi connectivity index (χ2v) is 1.23. The van der Waals surface area contributed by atoms with E-state index in [1.165, 1.54) is 0 Å². The highest BCUT2D eigenvalue weighted by Crippen LogP contribution is 1.94. The smallest absolute Gasteiger partial charge is 0.437 e. The van der Waals surface area contributed by atoms with Gasteiger partial charge in [0.05, 0.1) is 13.4 Å². The molecule has 0 heterocycles. The van der Waals surface area contributed by atoms with Crippen LogP contribution in [0.5, 0.6) is 0 Å². The monoisotopic (exact) mass is 152 g/mol. The zero-order valence-corrected chi connectivity index (χ0v) is 5.21. The minimum absolute atomic E-state index is 0.428. The van der Waals surface area contributed by atoms with Gasteiger partial charge in [0.15, 0.2) is 0 Å². The summed E-state index contributed by atoms with van der Waals surface area (Å²) in [5.41, 5.74) is 0. The lowest BCUT2D eigenvalue weighted by atomic mass is 10.7. The first-order chi connectivity index (χ1) is 4.66. The third-order valence-electron chi connectivity index (χ3n) is 0.555. The van der Waals surface area contributed by atoms with Crippen LogP contribution in [0.4, 0.5) is 13.6 Å². The number of allylic oxidation sites excluding steroid dienone is 1.